The lowest BCUT2D eigenvalue weighted by atomic mass is 10.0. The van der Waals surface area contributed by atoms with Crippen molar-refractivity contribution >= 4 is 11.9 Å². The summed E-state index contributed by atoms with van der Waals surface area (Å²) in [5.74, 6) is -2.80. The molecule has 0 bridgehead atoms. The number of hydrogen-bond acceptors (Lipinski definition) is 2. The summed E-state index contributed by atoms with van der Waals surface area (Å²) in [6, 6.07) is 2.46. The van der Waals surface area contributed by atoms with Gasteiger partial charge in [-0.1, -0.05) is 6.07 Å². The Labute approximate surface area is 91.3 Å². The van der Waals surface area contributed by atoms with Gasteiger partial charge in [-0.25, -0.2) is 4.39 Å². The van der Waals surface area contributed by atoms with Crippen LogP contribution in [0.3, 0.4) is 0 Å². The largest absolute Gasteiger partial charge is 0.481 e. The number of aryl methyl sites for hydroxylation is 1. The molecule has 4 nitrogen and oxygen atoms in total. The fraction of sp³-hybridized carbons (Fsp3) is 0.273. The Kier molecular flexibility index (Phi) is 3.60. The summed E-state index contributed by atoms with van der Waals surface area (Å²) in [5.41, 5.74) is 0.952. The first-order chi connectivity index (χ1) is 7.40. The molecule has 0 aromatic heterocycles. The Bertz CT molecular complexity index is 403. The number of carboxylic acids is 2. The van der Waals surface area contributed by atoms with Crippen molar-refractivity contribution in [1.82, 2.24) is 0 Å². The minimum absolute atomic E-state index is 0.00866. The van der Waals surface area contributed by atoms with Crippen molar-refractivity contribution in [3.8, 4) is 0 Å². The maximum absolute atomic E-state index is 13.3. The predicted molar refractivity (Wildman–Crippen MR) is 53.8 cm³/mol. The van der Waals surface area contributed by atoms with Crippen LogP contribution < -0.4 is 0 Å². The monoisotopic (exact) mass is 226 g/mol. The molecule has 86 valence electrons. The predicted octanol–water partition coefficient (Wildman–Crippen LogP) is 1.39. The normalized spacial score (nSPS) is 10.1. The van der Waals surface area contributed by atoms with Gasteiger partial charge in [-0.05, 0) is 29.7 Å². The average molecular weight is 226 g/mol. The Morgan fingerprint density at radius 3 is 2.12 bits per heavy atom. The van der Waals surface area contributed by atoms with Gasteiger partial charge in [0.15, 0.2) is 0 Å². The summed E-state index contributed by atoms with van der Waals surface area (Å²) in [7, 11) is 0. The standard InChI is InChI=1S/C11H11FO4/c1-6-2-9(12)8(5-11(15)16)3-7(6)4-10(13)14/h2-3H,4-5H2,1H3,(H,13,14)(H,15,16). The highest BCUT2D eigenvalue weighted by Crippen LogP contribution is 2.16. The van der Waals surface area contributed by atoms with E-state index < -0.39 is 24.2 Å². The summed E-state index contributed by atoms with van der Waals surface area (Å²) >= 11 is 0. The van der Waals surface area contributed by atoms with Crippen molar-refractivity contribution in [2.45, 2.75) is 19.8 Å². The van der Waals surface area contributed by atoms with E-state index in [1.807, 2.05) is 0 Å². The molecule has 0 radical (unpaired) electrons. The Morgan fingerprint density at radius 2 is 1.62 bits per heavy atom. The van der Waals surface area contributed by atoms with Crippen LogP contribution in [-0.2, 0) is 22.4 Å². The van der Waals surface area contributed by atoms with Crippen LogP contribution in [0, 0.1) is 12.7 Å². The molecule has 0 aliphatic heterocycles. The lowest BCUT2D eigenvalue weighted by Crippen LogP contribution is -2.07. The number of rotatable bonds is 4. The molecule has 1 aromatic rings. The number of hydrogen-bond donors (Lipinski definition) is 2. The van der Waals surface area contributed by atoms with E-state index in [9.17, 15) is 14.0 Å². The van der Waals surface area contributed by atoms with E-state index in [-0.39, 0.29) is 12.0 Å². The third-order valence-corrected chi connectivity index (χ3v) is 2.19. The lowest BCUT2D eigenvalue weighted by molar-refractivity contribution is -0.137. The Morgan fingerprint density at radius 1 is 1.12 bits per heavy atom. The summed E-state index contributed by atoms with van der Waals surface area (Å²) < 4.78 is 13.3. The van der Waals surface area contributed by atoms with Gasteiger partial charge in [0.05, 0.1) is 12.8 Å². The molecule has 0 saturated carbocycles. The van der Waals surface area contributed by atoms with Gasteiger partial charge in [0.1, 0.15) is 5.82 Å². The van der Waals surface area contributed by atoms with Crippen molar-refractivity contribution in [3.05, 3.63) is 34.6 Å². The quantitative estimate of drug-likeness (QED) is 0.813. The molecule has 0 atom stereocenters. The number of halogens is 1. The zero-order chi connectivity index (χ0) is 12.3. The first-order valence-corrected chi connectivity index (χ1v) is 4.61. The molecule has 0 heterocycles. The van der Waals surface area contributed by atoms with Crippen LogP contribution in [0.4, 0.5) is 4.39 Å². The minimum Gasteiger partial charge on any atom is -0.481 e. The number of aliphatic carboxylic acids is 2. The van der Waals surface area contributed by atoms with Gasteiger partial charge in [0.25, 0.3) is 0 Å². The molecule has 0 unspecified atom stereocenters. The highest BCUT2D eigenvalue weighted by atomic mass is 19.1. The van der Waals surface area contributed by atoms with Crippen molar-refractivity contribution in [2.24, 2.45) is 0 Å². The zero-order valence-electron chi connectivity index (χ0n) is 8.66. The molecule has 0 spiro atoms. The van der Waals surface area contributed by atoms with Gasteiger partial charge in [-0.3, -0.25) is 9.59 Å². The molecule has 0 amide bonds. The van der Waals surface area contributed by atoms with Gasteiger partial charge in [-0.15, -0.1) is 0 Å². The van der Waals surface area contributed by atoms with E-state index in [0.29, 0.717) is 11.1 Å². The summed E-state index contributed by atoms with van der Waals surface area (Å²) in [6.07, 6.45) is -0.683. The minimum atomic E-state index is -1.15. The smallest absolute Gasteiger partial charge is 0.307 e. The number of benzene rings is 1. The van der Waals surface area contributed by atoms with Crippen LogP contribution in [0.1, 0.15) is 16.7 Å². The first-order valence-electron chi connectivity index (χ1n) is 4.61. The van der Waals surface area contributed by atoms with Gasteiger partial charge in [0, 0.05) is 0 Å². The first kappa shape index (κ1) is 12.2. The summed E-state index contributed by atoms with van der Waals surface area (Å²) in [4.78, 5) is 21.0. The zero-order valence-corrected chi connectivity index (χ0v) is 8.66. The van der Waals surface area contributed by atoms with Crippen LogP contribution in [0.25, 0.3) is 0 Å². The van der Waals surface area contributed by atoms with Crippen molar-refractivity contribution in [1.29, 1.82) is 0 Å². The van der Waals surface area contributed by atoms with Crippen LogP contribution in [0.2, 0.25) is 0 Å². The van der Waals surface area contributed by atoms with Crippen molar-refractivity contribution in [3.63, 3.8) is 0 Å². The molecule has 0 aliphatic carbocycles. The Balaban J connectivity index is 3.10. The summed E-state index contributed by atoms with van der Waals surface area (Å²) in [5, 5.41) is 17.2. The maximum Gasteiger partial charge on any atom is 0.307 e. The van der Waals surface area contributed by atoms with Gasteiger partial charge in [-0.2, -0.15) is 0 Å². The SMILES string of the molecule is Cc1cc(F)c(CC(=O)O)cc1CC(=O)O. The van der Waals surface area contributed by atoms with Crippen molar-refractivity contribution < 1.29 is 24.2 Å². The third-order valence-electron chi connectivity index (χ3n) is 2.19. The van der Waals surface area contributed by atoms with E-state index in [4.69, 9.17) is 10.2 Å². The molecule has 0 fully saturated rings. The lowest BCUT2D eigenvalue weighted by Gasteiger charge is -2.07. The maximum atomic E-state index is 13.3. The third kappa shape index (κ3) is 3.05. The van der Waals surface area contributed by atoms with Crippen LogP contribution in [0.15, 0.2) is 12.1 Å². The van der Waals surface area contributed by atoms with Gasteiger partial charge < -0.3 is 10.2 Å². The van der Waals surface area contributed by atoms with Crippen LogP contribution in [0.5, 0.6) is 0 Å². The van der Waals surface area contributed by atoms with E-state index in [1.54, 1.807) is 6.92 Å². The molecule has 1 aromatic carbocycles. The van der Waals surface area contributed by atoms with E-state index >= 15 is 0 Å². The molecule has 16 heavy (non-hydrogen) atoms. The van der Waals surface area contributed by atoms with Gasteiger partial charge in [0.2, 0.25) is 0 Å². The molecular formula is C11H11FO4. The molecule has 0 saturated heterocycles. The highest BCUT2D eigenvalue weighted by molar-refractivity contribution is 5.72. The van der Waals surface area contributed by atoms with Crippen molar-refractivity contribution in [2.75, 3.05) is 0 Å². The topological polar surface area (TPSA) is 74.6 Å². The second-order valence-electron chi connectivity index (χ2n) is 3.51. The Hall–Kier alpha value is -1.91. The molecular weight excluding hydrogens is 215 g/mol. The van der Waals surface area contributed by atoms with Crippen LogP contribution in [-0.4, -0.2) is 22.2 Å². The van der Waals surface area contributed by atoms with E-state index in [1.165, 1.54) is 6.07 Å². The number of carboxylic acid groups (broad SMARTS) is 2. The van der Waals surface area contributed by atoms with E-state index in [0.717, 1.165) is 6.07 Å². The molecule has 2 N–H and O–H groups in total. The number of carbonyl (C=O) groups is 2. The molecule has 5 heteroatoms. The average Bonchev–Trinajstić information content (AvgIpc) is 2.11. The molecule has 0 aliphatic rings. The fourth-order valence-electron chi connectivity index (χ4n) is 1.42. The fourth-order valence-corrected chi connectivity index (χ4v) is 1.42. The van der Waals surface area contributed by atoms with E-state index in [2.05, 4.69) is 0 Å². The highest BCUT2D eigenvalue weighted by Gasteiger charge is 2.12. The molecule has 1 rings (SSSR count). The van der Waals surface area contributed by atoms with Crippen LogP contribution >= 0.6 is 0 Å². The second kappa shape index (κ2) is 4.74. The summed E-state index contributed by atoms with van der Waals surface area (Å²) in [6.45, 7) is 1.59. The van der Waals surface area contributed by atoms with Gasteiger partial charge >= 0.3 is 11.9 Å². The second-order valence-corrected chi connectivity index (χ2v) is 3.51.